The molecule has 1 saturated heterocycles. The minimum absolute atomic E-state index is 0.0715. The molecule has 0 spiro atoms. The highest BCUT2D eigenvalue weighted by Gasteiger charge is 2.11. The topological polar surface area (TPSA) is 9.23 Å². The number of allylic oxidation sites excluding steroid dienone is 1. The van der Waals surface area contributed by atoms with Gasteiger partial charge in [0.15, 0.2) is 0 Å². The van der Waals surface area contributed by atoms with Crippen LogP contribution in [0.15, 0.2) is 11.8 Å². The van der Waals surface area contributed by atoms with Crippen molar-refractivity contribution in [2.45, 2.75) is 57.6 Å². The van der Waals surface area contributed by atoms with Crippen molar-refractivity contribution in [1.82, 2.24) is 0 Å². The second kappa shape index (κ2) is 8.24. The molecule has 1 rings (SSSR count). The van der Waals surface area contributed by atoms with Gasteiger partial charge in [0, 0.05) is 12.3 Å². The summed E-state index contributed by atoms with van der Waals surface area (Å²) in [7, 11) is -0.0715. The Bertz CT molecular complexity index is 150. The van der Waals surface area contributed by atoms with E-state index >= 15 is 0 Å². The van der Waals surface area contributed by atoms with Gasteiger partial charge in [-0.15, -0.1) is 5.70 Å². The zero-order chi connectivity index (χ0) is 10.1. The summed E-state index contributed by atoms with van der Waals surface area (Å²) in [5.74, 6) is 0. The van der Waals surface area contributed by atoms with Crippen molar-refractivity contribution >= 4 is 9.52 Å². The van der Waals surface area contributed by atoms with E-state index in [1.165, 1.54) is 44.9 Å². The van der Waals surface area contributed by atoms with E-state index in [4.69, 9.17) is 4.74 Å². The Balaban J connectivity index is 1.95. The minimum Gasteiger partial charge on any atom is -0.382 e. The number of hydrogen-bond donors (Lipinski definition) is 0. The molecular formula is C12H24OSi. The van der Waals surface area contributed by atoms with E-state index in [9.17, 15) is 0 Å². The Kier molecular flexibility index (Phi) is 7.06. The fourth-order valence-corrected chi connectivity index (χ4v) is 3.43. The highest BCUT2D eigenvalue weighted by Crippen LogP contribution is 2.11. The van der Waals surface area contributed by atoms with Crippen LogP contribution in [0.4, 0.5) is 0 Å². The van der Waals surface area contributed by atoms with Crippen molar-refractivity contribution < 1.29 is 4.74 Å². The summed E-state index contributed by atoms with van der Waals surface area (Å²) >= 11 is 0. The van der Waals surface area contributed by atoms with Gasteiger partial charge >= 0.3 is 0 Å². The minimum atomic E-state index is -0.0715. The van der Waals surface area contributed by atoms with E-state index in [1.54, 1.807) is 0 Å². The van der Waals surface area contributed by atoms with Gasteiger partial charge in [-0.25, -0.2) is 0 Å². The molecule has 0 saturated carbocycles. The van der Waals surface area contributed by atoms with E-state index in [-0.39, 0.29) is 9.52 Å². The Morgan fingerprint density at radius 2 is 2.29 bits per heavy atom. The fourth-order valence-electron chi connectivity index (χ4n) is 1.87. The molecule has 1 aliphatic rings. The first kappa shape index (κ1) is 12.0. The molecule has 2 heteroatoms. The SMILES string of the molecule is CCCCCC=C[SiH2]C1CCCCO1. The molecule has 0 aromatic rings. The Morgan fingerprint density at radius 1 is 1.36 bits per heavy atom. The smallest absolute Gasteiger partial charge is 0.0791 e. The van der Waals surface area contributed by atoms with Gasteiger partial charge in [-0.3, -0.25) is 0 Å². The molecule has 0 radical (unpaired) electrons. The second-order valence-corrected chi connectivity index (χ2v) is 6.04. The average Bonchev–Trinajstić information content (AvgIpc) is 2.25. The van der Waals surface area contributed by atoms with Crippen LogP contribution in [0.2, 0.25) is 0 Å². The summed E-state index contributed by atoms with van der Waals surface area (Å²) in [6.07, 6.45) is 11.8. The summed E-state index contributed by atoms with van der Waals surface area (Å²) in [6, 6.07) is 0. The van der Waals surface area contributed by atoms with Crippen molar-refractivity contribution in [3.63, 3.8) is 0 Å². The lowest BCUT2D eigenvalue weighted by molar-refractivity contribution is 0.0659. The molecule has 1 nitrogen and oxygen atoms in total. The van der Waals surface area contributed by atoms with Gasteiger partial charge in [-0.1, -0.05) is 25.8 Å². The number of rotatable bonds is 6. The van der Waals surface area contributed by atoms with Crippen LogP contribution in [0.1, 0.15) is 51.9 Å². The van der Waals surface area contributed by atoms with Gasteiger partial charge in [0.25, 0.3) is 0 Å². The van der Waals surface area contributed by atoms with E-state index in [0.717, 1.165) is 6.61 Å². The number of ether oxygens (including phenoxy) is 1. The molecule has 1 unspecified atom stereocenters. The van der Waals surface area contributed by atoms with Crippen LogP contribution >= 0.6 is 0 Å². The van der Waals surface area contributed by atoms with Gasteiger partial charge in [0.05, 0.1) is 9.52 Å². The van der Waals surface area contributed by atoms with Gasteiger partial charge in [0.2, 0.25) is 0 Å². The summed E-state index contributed by atoms with van der Waals surface area (Å²) < 4.78 is 5.72. The van der Waals surface area contributed by atoms with Crippen LogP contribution in [0.3, 0.4) is 0 Å². The van der Waals surface area contributed by atoms with Crippen molar-refractivity contribution in [1.29, 1.82) is 0 Å². The van der Waals surface area contributed by atoms with E-state index < -0.39 is 0 Å². The molecule has 1 heterocycles. The van der Waals surface area contributed by atoms with Crippen LogP contribution in [0, 0.1) is 0 Å². The molecule has 0 aromatic carbocycles. The molecule has 0 amide bonds. The highest BCUT2D eigenvalue weighted by atomic mass is 28.2. The third-order valence-corrected chi connectivity index (χ3v) is 4.59. The summed E-state index contributed by atoms with van der Waals surface area (Å²) in [5.41, 5.74) is 3.11. The molecule has 82 valence electrons. The van der Waals surface area contributed by atoms with Crippen molar-refractivity contribution in [3.8, 4) is 0 Å². The molecule has 14 heavy (non-hydrogen) atoms. The largest absolute Gasteiger partial charge is 0.382 e. The molecule has 0 N–H and O–H groups in total. The zero-order valence-corrected chi connectivity index (χ0v) is 10.9. The van der Waals surface area contributed by atoms with Crippen molar-refractivity contribution in [2.24, 2.45) is 0 Å². The van der Waals surface area contributed by atoms with Gasteiger partial charge in [0.1, 0.15) is 0 Å². The van der Waals surface area contributed by atoms with Gasteiger partial charge in [-0.05, 0) is 32.1 Å². The van der Waals surface area contributed by atoms with Gasteiger partial charge < -0.3 is 4.74 Å². The first-order chi connectivity index (χ1) is 6.93. The maximum absolute atomic E-state index is 5.72. The fraction of sp³-hybridized carbons (Fsp3) is 0.833. The monoisotopic (exact) mass is 212 g/mol. The third kappa shape index (κ3) is 5.61. The second-order valence-electron chi connectivity index (χ2n) is 4.19. The van der Waals surface area contributed by atoms with Crippen LogP contribution in [-0.4, -0.2) is 21.9 Å². The maximum Gasteiger partial charge on any atom is 0.0791 e. The average molecular weight is 212 g/mol. The quantitative estimate of drug-likeness (QED) is 0.486. The predicted molar refractivity (Wildman–Crippen MR) is 65.4 cm³/mol. The molecule has 0 aromatic heterocycles. The van der Waals surface area contributed by atoms with Crippen LogP contribution in [-0.2, 0) is 4.74 Å². The zero-order valence-electron chi connectivity index (χ0n) is 9.50. The number of unbranched alkanes of at least 4 members (excludes halogenated alkanes) is 3. The van der Waals surface area contributed by atoms with Gasteiger partial charge in [-0.2, -0.15) is 0 Å². The molecular weight excluding hydrogens is 188 g/mol. The Labute approximate surface area is 90.7 Å². The van der Waals surface area contributed by atoms with Crippen molar-refractivity contribution in [3.05, 3.63) is 11.8 Å². The lowest BCUT2D eigenvalue weighted by Gasteiger charge is -2.20. The van der Waals surface area contributed by atoms with E-state index in [1.807, 2.05) is 0 Å². The molecule has 1 aliphatic heterocycles. The predicted octanol–water partition coefficient (Wildman–Crippen LogP) is 2.78. The van der Waals surface area contributed by atoms with E-state index in [2.05, 4.69) is 18.7 Å². The normalized spacial score (nSPS) is 23.9. The standard InChI is InChI=1S/C12H24OSi/c1-2-3-4-5-8-11-14-12-9-6-7-10-13-12/h8,11-12H,2-7,9-10,14H2,1H3. The number of hydrogen-bond acceptors (Lipinski definition) is 1. The Hall–Kier alpha value is -0.0831. The lowest BCUT2D eigenvalue weighted by atomic mass is 10.2. The summed E-state index contributed by atoms with van der Waals surface area (Å²) in [6.45, 7) is 3.27. The molecule has 0 bridgehead atoms. The van der Waals surface area contributed by atoms with Crippen molar-refractivity contribution in [2.75, 3.05) is 6.61 Å². The molecule has 1 atom stereocenters. The van der Waals surface area contributed by atoms with Crippen LogP contribution in [0.25, 0.3) is 0 Å². The van der Waals surface area contributed by atoms with Crippen LogP contribution < -0.4 is 0 Å². The summed E-state index contributed by atoms with van der Waals surface area (Å²) in [4.78, 5) is 0. The molecule has 0 aliphatic carbocycles. The van der Waals surface area contributed by atoms with E-state index in [0.29, 0.717) is 5.73 Å². The Morgan fingerprint density at radius 3 is 3.00 bits per heavy atom. The molecule has 1 fully saturated rings. The summed E-state index contributed by atoms with van der Waals surface area (Å²) in [5, 5.41) is 0. The highest BCUT2D eigenvalue weighted by molar-refractivity contribution is 6.43. The van der Waals surface area contributed by atoms with Crippen LogP contribution in [0.5, 0.6) is 0 Å². The third-order valence-electron chi connectivity index (χ3n) is 2.81. The maximum atomic E-state index is 5.72. The first-order valence-electron chi connectivity index (χ1n) is 6.20. The first-order valence-corrected chi connectivity index (χ1v) is 7.83. The lowest BCUT2D eigenvalue weighted by Crippen LogP contribution is -2.24.